The van der Waals surface area contributed by atoms with Crippen molar-refractivity contribution in [3.63, 3.8) is 0 Å². The van der Waals surface area contributed by atoms with Crippen molar-refractivity contribution in [2.75, 3.05) is 11.6 Å². The smallest absolute Gasteiger partial charge is 0.210 e. The monoisotopic (exact) mass is 345 g/mol. The average Bonchev–Trinajstić information content (AvgIpc) is 2.90. The van der Waals surface area contributed by atoms with E-state index in [9.17, 15) is 0 Å². The van der Waals surface area contributed by atoms with Crippen LogP contribution in [-0.2, 0) is 12.2 Å². The second-order valence-electron chi connectivity index (χ2n) is 5.10. The quantitative estimate of drug-likeness (QED) is 0.422. The second kappa shape index (κ2) is 6.93. The van der Waals surface area contributed by atoms with Crippen LogP contribution in [0, 0.1) is 0 Å². The van der Waals surface area contributed by atoms with Crippen LogP contribution < -0.4 is 11.6 Å². The maximum Gasteiger partial charge on any atom is 0.210 e. The van der Waals surface area contributed by atoms with E-state index in [0.29, 0.717) is 22.4 Å². The Bertz CT molecular complexity index is 783. The van der Waals surface area contributed by atoms with Gasteiger partial charge >= 0.3 is 0 Å². The first-order valence-electron chi connectivity index (χ1n) is 7.03. The number of nitrogen functional groups attached to an aromatic ring is 2. The van der Waals surface area contributed by atoms with E-state index in [-0.39, 0.29) is 0 Å². The van der Waals surface area contributed by atoms with E-state index in [0.717, 1.165) is 22.6 Å². The Morgan fingerprint density at radius 1 is 0.957 bits per heavy atom. The summed E-state index contributed by atoms with van der Waals surface area (Å²) in [6.45, 7) is 0. The van der Waals surface area contributed by atoms with Gasteiger partial charge in [-0.1, -0.05) is 47.6 Å². The van der Waals surface area contributed by atoms with Crippen LogP contribution in [-0.4, -0.2) is 14.9 Å². The lowest BCUT2D eigenvalue weighted by atomic mass is 10.1. The summed E-state index contributed by atoms with van der Waals surface area (Å²) in [6, 6.07) is 15.4. The Morgan fingerprint density at radius 2 is 1.61 bits per heavy atom. The molecule has 4 N–H and O–H groups in total. The largest absolute Gasteiger partial charge is 0.399 e. The van der Waals surface area contributed by atoms with Crippen LogP contribution in [0.5, 0.6) is 0 Å². The van der Waals surface area contributed by atoms with E-state index >= 15 is 0 Å². The fourth-order valence-corrected chi connectivity index (χ4v) is 3.03. The number of anilines is 1. The van der Waals surface area contributed by atoms with Gasteiger partial charge in [-0.05, 0) is 35.4 Å². The molecule has 0 aliphatic rings. The van der Waals surface area contributed by atoms with E-state index in [1.54, 1.807) is 11.8 Å². The summed E-state index contributed by atoms with van der Waals surface area (Å²) >= 11 is 7.43. The number of aromatic nitrogens is 3. The van der Waals surface area contributed by atoms with Gasteiger partial charge < -0.3 is 11.6 Å². The zero-order valence-electron chi connectivity index (χ0n) is 12.3. The minimum atomic E-state index is 0.614. The fourth-order valence-electron chi connectivity index (χ4n) is 2.07. The highest BCUT2D eigenvalue weighted by Crippen LogP contribution is 2.22. The molecule has 23 heavy (non-hydrogen) atoms. The first-order valence-corrected chi connectivity index (χ1v) is 8.39. The Kier molecular flexibility index (Phi) is 4.73. The molecule has 1 aromatic heterocycles. The van der Waals surface area contributed by atoms with Crippen LogP contribution in [0.15, 0.2) is 53.7 Å². The molecule has 0 spiro atoms. The Labute approximate surface area is 143 Å². The van der Waals surface area contributed by atoms with Crippen molar-refractivity contribution in [3.05, 3.63) is 70.5 Å². The molecule has 3 aromatic rings. The van der Waals surface area contributed by atoms with Gasteiger partial charge in [0.05, 0.1) is 0 Å². The summed E-state index contributed by atoms with van der Waals surface area (Å²) < 4.78 is 1.54. The molecule has 3 rings (SSSR count). The third-order valence-corrected chi connectivity index (χ3v) is 4.62. The highest BCUT2D eigenvalue weighted by atomic mass is 35.5. The minimum Gasteiger partial charge on any atom is -0.399 e. The predicted octanol–water partition coefficient (Wildman–Crippen LogP) is 3.11. The summed E-state index contributed by atoms with van der Waals surface area (Å²) in [5.41, 5.74) is 8.68. The summed E-state index contributed by atoms with van der Waals surface area (Å²) in [5.74, 6) is 7.57. The van der Waals surface area contributed by atoms with Gasteiger partial charge in [0, 0.05) is 22.9 Å². The maximum atomic E-state index is 6.09. The van der Waals surface area contributed by atoms with Crippen LogP contribution >= 0.6 is 23.4 Å². The molecule has 0 aliphatic heterocycles. The van der Waals surface area contributed by atoms with Crippen molar-refractivity contribution in [1.82, 2.24) is 14.9 Å². The van der Waals surface area contributed by atoms with E-state index in [1.165, 1.54) is 4.68 Å². The van der Waals surface area contributed by atoms with Crippen LogP contribution in [0.1, 0.15) is 17.0 Å². The third kappa shape index (κ3) is 3.97. The standard InChI is InChI=1S/C16H16ClN5S/c17-13-5-1-11(2-6-13)9-15-20-21-16(22(15)19)23-10-12-3-7-14(18)8-4-12/h1-8H,9-10,18-19H2. The van der Waals surface area contributed by atoms with Crippen molar-refractivity contribution in [2.45, 2.75) is 17.3 Å². The summed E-state index contributed by atoms with van der Waals surface area (Å²) in [7, 11) is 0. The van der Waals surface area contributed by atoms with E-state index in [4.69, 9.17) is 23.2 Å². The molecular formula is C16H16ClN5S. The van der Waals surface area contributed by atoms with Crippen molar-refractivity contribution in [2.24, 2.45) is 0 Å². The Balaban J connectivity index is 1.66. The molecule has 1 heterocycles. The average molecular weight is 346 g/mol. The molecule has 0 atom stereocenters. The van der Waals surface area contributed by atoms with Gasteiger partial charge in [-0.2, -0.15) is 0 Å². The van der Waals surface area contributed by atoms with Crippen LogP contribution in [0.3, 0.4) is 0 Å². The molecule has 0 amide bonds. The highest BCUT2D eigenvalue weighted by Gasteiger charge is 2.11. The summed E-state index contributed by atoms with van der Waals surface area (Å²) in [5, 5.41) is 9.73. The van der Waals surface area contributed by atoms with Crippen LogP contribution in [0.4, 0.5) is 5.69 Å². The number of halogens is 1. The van der Waals surface area contributed by atoms with Crippen molar-refractivity contribution >= 4 is 29.1 Å². The molecule has 118 valence electrons. The molecule has 2 aromatic carbocycles. The van der Waals surface area contributed by atoms with Gasteiger partial charge in [-0.3, -0.25) is 0 Å². The first-order chi connectivity index (χ1) is 11.1. The molecule has 0 bridgehead atoms. The number of nitrogens with two attached hydrogens (primary N) is 2. The fraction of sp³-hybridized carbons (Fsp3) is 0.125. The minimum absolute atomic E-state index is 0.614. The van der Waals surface area contributed by atoms with Crippen molar-refractivity contribution in [3.8, 4) is 0 Å². The molecule has 0 saturated carbocycles. The second-order valence-corrected chi connectivity index (χ2v) is 6.48. The Hall–Kier alpha value is -2.18. The van der Waals surface area contributed by atoms with Gasteiger partial charge in [0.2, 0.25) is 5.16 Å². The molecule has 7 heteroatoms. The predicted molar refractivity (Wildman–Crippen MR) is 94.8 cm³/mol. The zero-order valence-corrected chi connectivity index (χ0v) is 13.9. The molecule has 5 nitrogen and oxygen atoms in total. The first kappa shape index (κ1) is 15.7. The molecule has 0 fully saturated rings. The molecule has 0 radical (unpaired) electrons. The summed E-state index contributed by atoms with van der Waals surface area (Å²) in [4.78, 5) is 0. The molecule has 0 unspecified atom stereocenters. The van der Waals surface area contributed by atoms with Gasteiger partial charge in [0.15, 0.2) is 5.82 Å². The van der Waals surface area contributed by atoms with Gasteiger partial charge in [-0.25, -0.2) is 4.68 Å². The number of hydrogen-bond donors (Lipinski definition) is 2. The number of benzene rings is 2. The van der Waals surface area contributed by atoms with E-state index < -0.39 is 0 Å². The lowest BCUT2D eigenvalue weighted by molar-refractivity contribution is 0.805. The SMILES string of the molecule is Nc1ccc(CSc2nnc(Cc3ccc(Cl)cc3)n2N)cc1. The molecule has 0 saturated heterocycles. The highest BCUT2D eigenvalue weighted by molar-refractivity contribution is 7.98. The van der Waals surface area contributed by atoms with Gasteiger partial charge in [0.25, 0.3) is 0 Å². The summed E-state index contributed by atoms with van der Waals surface area (Å²) in [6.07, 6.45) is 0.614. The Morgan fingerprint density at radius 3 is 2.30 bits per heavy atom. The van der Waals surface area contributed by atoms with Crippen LogP contribution in [0.2, 0.25) is 5.02 Å². The van der Waals surface area contributed by atoms with Crippen molar-refractivity contribution in [1.29, 1.82) is 0 Å². The molecular weight excluding hydrogens is 330 g/mol. The van der Waals surface area contributed by atoms with Gasteiger partial charge in [-0.15, -0.1) is 10.2 Å². The zero-order chi connectivity index (χ0) is 16.2. The number of hydrogen-bond acceptors (Lipinski definition) is 5. The van der Waals surface area contributed by atoms with Gasteiger partial charge in [0.1, 0.15) is 0 Å². The normalized spacial score (nSPS) is 10.8. The van der Waals surface area contributed by atoms with E-state index in [2.05, 4.69) is 10.2 Å². The number of nitrogens with zero attached hydrogens (tertiary/aromatic N) is 3. The lowest BCUT2D eigenvalue weighted by Crippen LogP contribution is -2.14. The molecule has 0 aliphatic carbocycles. The van der Waals surface area contributed by atoms with Crippen molar-refractivity contribution < 1.29 is 0 Å². The number of thioether (sulfide) groups is 1. The topological polar surface area (TPSA) is 82.8 Å². The lowest BCUT2D eigenvalue weighted by Gasteiger charge is -2.04. The maximum absolute atomic E-state index is 6.09. The number of rotatable bonds is 5. The third-order valence-electron chi connectivity index (χ3n) is 3.36. The van der Waals surface area contributed by atoms with E-state index in [1.807, 2.05) is 48.5 Å². The van der Waals surface area contributed by atoms with Crippen LogP contribution in [0.25, 0.3) is 0 Å².